The van der Waals surface area contributed by atoms with E-state index < -0.39 is 10.0 Å². The molecule has 1 saturated heterocycles. The first-order valence-corrected chi connectivity index (χ1v) is 12.1. The molecule has 1 fully saturated rings. The Morgan fingerprint density at radius 3 is 2.45 bits per heavy atom. The third-order valence-electron chi connectivity index (χ3n) is 5.67. The number of aromatic nitrogens is 3. The van der Waals surface area contributed by atoms with Gasteiger partial charge in [-0.15, -0.1) is 0 Å². The zero-order valence-electron chi connectivity index (χ0n) is 18.0. The predicted octanol–water partition coefficient (Wildman–Crippen LogP) is 2.68. The smallest absolute Gasteiger partial charge is 0.242 e. The normalized spacial score (nSPS) is 15.8. The van der Waals surface area contributed by atoms with Gasteiger partial charge in [0.15, 0.2) is 0 Å². The van der Waals surface area contributed by atoms with E-state index in [1.54, 1.807) is 18.3 Å². The molecule has 1 aliphatic rings. The number of aryl methyl sites for hydroxylation is 1. The second-order valence-corrected chi connectivity index (χ2v) is 10.4. The minimum Gasteiger partial charge on any atom is -0.354 e. The van der Waals surface area contributed by atoms with Gasteiger partial charge >= 0.3 is 0 Å². The quantitative estimate of drug-likeness (QED) is 0.560. The van der Waals surface area contributed by atoms with Gasteiger partial charge in [-0.1, -0.05) is 11.6 Å². The lowest BCUT2D eigenvalue weighted by Crippen LogP contribution is -2.46. The second kappa shape index (κ2) is 8.74. The fourth-order valence-electron chi connectivity index (χ4n) is 3.89. The molecular formula is C21H27ClN6O2S. The molecule has 0 radical (unpaired) electrons. The van der Waals surface area contributed by atoms with E-state index >= 15 is 0 Å². The number of anilines is 1. The molecule has 0 atom stereocenters. The van der Waals surface area contributed by atoms with E-state index in [4.69, 9.17) is 16.6 Å². The van der Waals surface area contributed by atoms with E-state index in [2.05, 4.69) is 26.3 Å². The van der Waals surface area contributed by atoms with Crippen molar-refractivity contribution < 1.29 is 8.42 Å². The SMILES string of the molecule is CCn1c(CN2CCN(c3ccc(Cl)cn3)CC2)nc2cc(S(=O)(=O)N(C)C)ccc21. The van der Waals surface area contributed by atoms with Gasteiger partial charge < -0.3 is 9.47 Å². The molecule has 0 amide bonds. The highest BCUT2D eigenvalue weighted by atomic mass is 35.5. The van der Waals surface area contributed by atoms with Crippen molar-refractivity contribution in [2.24, 2.45) is 0 Å². The summed E-state index contributed by atoms with van der Waals surface area (Å²) in [5.74, 6) is 1.90. The predicted molar refractivity (Wildman–Crippen MR) is 123 cm³/mol. The van der Waals surface area contributed by atoms with Crippen LogP contribution in [0.1, 0.15) is 12.7 Å². The number of piperazine rings is 1. The van der Waals surface area contributed by atoms with E-state index in [0.717, 1.165) is 56.4 Å². The van der Waals surface area contributed by atoms with Crippen LogP contribution in [-0.2, 0) is 23.1 Å². The van der Waals surface area contributed by atoms with Crippen LogP contribution in [0.4, 0.5) is 5.82 Å². The summed E-state index contributed by atoms with van der Waals surface area (Å²) in [6, 6.07) is 9.01. The molecule has 4 rings (SSSR count). The van der Waals surface area contributed by atoms with Crippen molar-refractivity contribution in [3.63, 3.8) is 0 Å². The highest BCUT2D eigenvalue weighted by Crippen LogP contribution is 2.23. The lowest BCUT2D eigenvalue weighted by atomic mass is 10.3. The van der Waals surface area contributed by atoms with Crippen LogP contribution in [0, 0.1) is 0 Å². The van der Waals surface area contributed by atoms with Crippen LogP contribution in [0.5, 0.6) is 0 Å². The molecule has 0 spiro atoms. The van der Waals surface area contributed by atoms with Gasteiger partial charge in [-0.25, -0.2) is 22.7 Å². The van der Waals surface area contributed by atoms with E-state index in [1.165, 1.54) is 18.4 Å². The monoisotopic (exact) mass is 462 g/mol. The number of rotatable bonds is 6. The fraction of sp³-hybridized carbons (Fsp3) is 0.429. The van der Waals surface area contributed by atoms with Crippen molar-refractivity contribution in [1.29, 1.82) is 0 Å². The molecule has 3 heterocycles. The van der Waals surface area contributed by atoms with Gasteiger partial charge in [-0.2, -0.15) is 0 Å². The Morgan fingerprint density at radius 1 is 1.10 bits per heavy atom. The van der Waals surface area contributed by atoms with Gasteiger partial charge in [0.05, 0.1) is 27.5 Å². The summed E-state index contributed by atoms with van der Waals surface area (Å²) in [6.07, 6.45) is 1.68. The average Bonchev–Trinajstić information content (AvgIpc) is 3.11. The Kier molecular flexibility index (Phi) is 6.20. The van der Waals surface area contributed by atoms with Crippen molar-refractivity contribution in [2.45, 2.75) is 24.9 Å². The molecule has 0 N–H and O–H groups in total. The van der Waals surface area contributed by atoms with Crippen molar-refractivity contribution in [3.8, 4) is 0 Å². The maximum atomic E-state index is 12.5. The van der Waals surface area contributed by atoms with Crippen LogP contribution in [0.15, 0.2) is 41.4 Å². The number of sulfonamides is 1. The van der Waals surface area contributed by atoms with Crippen molar-refractivity contribution in [3.05, 3.63) is 47.4 Å². The van der Waals surface area contributed by atoms with Crippen LogP contribution in [0.25, 0.3) is 11.0 Å². The van der Waals surface area contributed by atoms with Crippen LogP contribution in [0.3, 0.4) is 0 Å². The van der Waals surface area contributed by atoms with Crippen LogP contribution < -0.4 is 4.90 Å². The van der Waals surface area contributed by atoms with Crippen LogP contribution in [-0.4, -0.2) is 72.4 Å². The van der Waals surface area contributed by atoms with Crippen LogP contribution in [0.2, 0.25) is 5.02 Å². The number of fused-ring (bicyclic) bond motifs is 1. The van der Waals surface area contributed by atoms with Crippen molar-refractivity contribution in [1.82, 2.24) is 23.7 Å². The molecule has 10 heteroatoms. The minimum atomic E-state index is -3.49. The highest BCUT2D eigenvalue weighted by molar-refractivity contribution is 7.89. The van der Waals surface area contributed by atoms with Gasteiger partial charge in [-0.05, 0) is 37.3 Å². The molecule has 0 bridgehead atoms. The summed E-state index contributed by atoms with van der Waals surface area (Å²) in [6.45, 7) is 7.15. The first kappa shape index (κ1) is 22.0. The van der Waals surface area contributed by atoms with Gasteiger partial charge in [0, 0.05) is 53.0 Å². The maximum Gasteiger partial charge on any atom is 0.242 e. The van der Waals surface area contributed by atoms with Crippen molar-refractivity contribution >= 4 is 38.5 Å². The largest absolute Gasteiger partial charge is 0.354 e. The van der Waals surface area contributed by atoms with Gasteiger partial charge in [-0.3, -0.25) is 4.90 Å². The Morgan fingerprint density at radius 2 is 1.84 bits per heavy atom. The standard InChI is InChI=1S/C21H27ClN6O2S/c1-4-28-19-7-6-17(31(29,30)25(2)3)13-18(19)24-21(28)15-26-9-11-27(12-10-26)20-8-5-16(22)14-23-20/h5-8,13-14H,4,9-12,15H2,1-3H3. The van der Waals surface area contributed by atoms with Gasteiger partial charge in [0.2, 0.25) is 10.0 Å². The third kappa shape index (κ3) is 4.41. The number of halogens is 1. The van der Waals surface area contributed by atoms with E-state index in [0.29, 0.717) is 10.5 Å². The molecule has 8 nitrogen and oxygen atoms in total. The highest BCUT2D eigenvalue weighted by Gasteiger charge is 2.22. The van der Waals surface area contributed by atoms with Crippen LogP contribution >= 0.6 is 11.6 Å². The van der Waals surface area contributed by atoms with E-state index in [1.807, 2.05) is 18.2 Å². The fourth-order valence-corrected chi connectivity index (χ4v) is 4.93. The molecule has 0 unspecified atom stereocenters. The topological polar surface area (TPSA) is 74.6 Å². The number of hydrogen-bond acceptors (Lipinski definition) is 6. The summed E-state index contributed by atoms with van der Waals surface area (Å²) >= 11 is 5.94. The average molecular weight is 463 g/mol. The Labute approximate surface area is 188 Å². The number of benzene rings is 1. The van der Waals surface area contributed by atoms with Crippen molar-refractivity contribution in [2.75, 3.05) is 45.2 Å². The molecule has 1 aromatic carbocycles. The molecule has 31 heavy (non-hydrogen) atoms. The molecule has 166 valence electrons. The zero-order chi connectivity index (χ0) is 22.2. The Bertz CT molecular complexity index is 1170. The minimum absolute atomic E-state index is 0.265. The summed E-state index contributed by atoms with van der Waals surface area (Å²) < 4.78 is 28.4. The van der Waals surface area contributed by atoms with E-state index in [9.17, 15) is 8.42 Å². The first-order valence-electron chi connectivity index (χ1n) is 10.3. The number of nitrogens with zero attached hydrogens (tertiary/aromatic N) is 6. The zero-order valence-corrected chi connectivity index (χ0v) is 19.6. The molecule has 2 aromatic heterocycles. The lowest BCUT2D eigenvalue weighted by Gasteiger charge is -2.35. The van der Waals surface area contributed by atoms with Gasteiger partial charge in [0.1, 0.15) is 11.6 Å². The number of imidazole rings is 1. The Hall–Kier alpha value is -2.20. The number of pyridine rings is 1. The lowest BCUT2D eigenvalue weighted by molar-refractivity contribution is 0.241. The molecule has 0 saturated carbocycles. The second-order valence-electron chi connectivity index (χ2n) is 7.81. The summed E-state index contributed by atoms with van der Waals surface area (Å²) in [7, 11) is -0.414. The summed E-state index contributed by atoms with van der Waals surface area (Å²) in [4.78, 5) is 14.1. The third-order valence-corrected chi connectivity index (χ3v) is 7.70. The summed E-state index contributed by atoms with van der Waals surface area (Å²) in [5, 5.41) is 0.641. The molecule has 0 aliphatic carbocycles. The van der Waals surface area contributed by atoms with E-state index in [-0.39, 0.29) is 4.90 Å². The molecule has 3 aromatic rings. The molecule has 1 aliphatic heterocycles. The summed E-state index contributed by atoms with van der Waals surface area (Å²) in [5.41, 5.74) is 1.67. The maximum absolute atomic E-state index is 12.5. The Balaban J connectivity index is 1.51. The van der Waals surface area contributed by atoms with Gasteiger partial charge in [0.25, 0.3) is 0 Å². The first-order chi connectivity index (χ1) is 14.8. The molecular weight excluding hydrogens is 436 g/mol. The number of hydrogen-bond donors (Lipinski definition) is 0.